The number of nitrogens with two attached hydrogens (primary N) is 1. The van der Waals surface area contributed by atoms with E-state index in [0.717, 1.165) is 5.56 Å². The van der Waals surface area contributed by atoms with Crippen molar-refractivity contribution < 1.29 is 14.4 Å². The lowest BCUT2D eigenvalue weighted by molar-refractivity contribution is -0.385. The van der Waals surface area contributed by atoms with Gasteiger partial charge in [0, 0.05) is 17.3 Å². The SMILES string of the molecule is Cc1cc(Oc2ccccc2Cl)c(Cl)cc1N.Cc1cc(Oc2ccccc2Cl)c(Cl)cc1[N+](=O)[O-]. The second-order valence-corrected chi connectivity index (χ2v) is 9.16. The van der Waals surface area contributed by atoms with Crippen LogP contribution in [0.5, 0.6) is 23.0 Å². The Bertz CT molecular complexity index is 1410. The van der Waals surface area contributed by atoms with Gasteiger partial charge in [-0.15, -0.1) is 0 Å². The van der Waals surface area contributed by atoms with E-state index < -0.39 is 4.92 Å². The molecule has 0 fully saturated rings. The van der Waals surface area contributed by atoms with Gasteiger partial charge in [-0.2, -0.15) is 0 Å². The summed E-state index contributed by atoms with van der Waals surface area (Å²) < 4.78 is 11.2. The van der Waals surface area contributed by atoms with E-state index in [0.29, 0.717) is 49.3 Å². The molecule has 2 N–H and O–H groups in total. The van der Waals surface area contributed by atoms with Crippen LogP contribution < -0.4 is 15.2 Å². The van der Waals surface area contributed by atoms with Crippen LogP contribution >= 0.6 is 46.4 Å². The molecule has 0 amide bonds. The van der Waals surface area contributed by atoms with Crippen LogP contribution in [-0.4, -0.2) is 4.92 Å². The lowest BCUT2D eigenvalue weighted by Gasteiger charge is -2.11. The van der Waals surface area contributed by atoms with E-state index in [1.807, 2.05) is 19.1 Å². The molecule has 0 radical (unpaired) electrons. The maximum absolute atomic E-state index is 10.8. The van der Waals surface area contributed by atoms with Crippen molar-refractivity contribution in [2.75, 3.05) is 5.73 Å². The van der Waals surface area contributed by atoms with E-state index in [-0.39, 0.29) is 10.7 Å². The Hall–Kier alpha value is -3.16. The Morgan fingerprint density at radius 1 is 0.667 bits per heavy atom. The fourth-order valence-electron chi connectivity index (χ4n) is 2.96. The number of nitrogens with zero attached hydrogens (tertiary/aromatic N) is 1. The molecule has 0 unspecified atom stereocenters. The first-order valence-electron chi connectivity index (χ1n) is 10.4. The smallest absolute Gasteiger partial charge is 0.274 e. The third-order valence-electron chi connectivity index (χ3n) is 4.88. The standard InChI is InChI=1S/C13H9Cl2NO3.C13H11Cl2NO/c1-8-6-13(10(15)7-11(8)16(17)18)19-12-5-3-2-4-9(12)14;1-8-6-13(10(15)7-11(8)16)17-12-5-3-2-4-9(12)14/h2-7H,1H3;2-7H,16H2,1H3. The zero-order valence-electron chi connectivity index (χ0n) is 19.1. The van der Waals surface area contributed by atoms with Crippen LogP contribution in [0.1, 0.15) is 11.1 Å². The van der Waals surface area contributed by atoms with Gasteiger partial charge < -0.3 is 15.2 Å². The first-order chi connectivity index (χ1) is 17.1. The van der Waals surface area contributed by atoms with Crippen molar-refractivity contribution in [2.45, 2.75) is 13.8 Å². The molecule has 0 bridgehead atoms. The Kier molecular flexibility index (Phi) is 9.29. The number of hydrogen-bond donors (Lipinski definition) is 1. The molecule has 0 aliphatic rings. The second-order valence-electron chi connectivity index (χ2n) is 7.53. The fraction of sp³-hybridized carbons (Fsp3) is 0.0769. The highest BCUT2D eigenvalue weighted by Crippen LogP contribution is 2.37. The third-order valence-corrected chi connectivity index (χ3v) is 6.10. The third kappa shape index (κ3) is 6.95. The molecule has 0 aliphatic heterocycles. The number of benzene rings is 4. The quantitative estimate of drug-likeness (QED) is 0.148. The summed E-state index contributed by atoms with van der Waals surface area (Å²) in [6, 6.07) is 20.4. The van der Waals surface area contributed by atoms with E-state index in [4.69, 9.17) is 61.6 Å². The fourth-order valence-corrected chi connectivity index (χ4v) is 3.72. The largest absolute Gasteiger partial charge is 0.454 e. The van der Waals surface area contributed by atoms with Crippen LogP contribution in [0.15, 0.2) is 72.8 Å². The normalized spacial score (nSPS) is 10.3. The molecule has 0 aliphatic carbocycles. The van der Waals surface area contributed by atoms with Gasteiger partial charge in [-0.1, -0.05) is 70.7 Å². The Labute approximate surface area is 228 Å². The zero-order chi connectivity index (χ0) is 26.4. The predicted octanol–water partition coefficient (Wildman–Crippen LogP) is 9.68. The molecule has 0 saturated carbocycles. The zero-order valence-corrected chi connectivity index (χ0v) is 22.1. The number of anilines is 1. The van der Waals surface area contributed by atoms with Crippen molar-refractivity contribution in [1.29, 1.82) is 0 Å². The highest BCUT2D eigenvalue weighted by Gasteiger charge is 2.16. The summed E-state index contributed by atoms with van der Waals surface area (Å²) in [6.45, 7) is 3.51. The van der Waals surface area contributed by atoms with Crippen molar-refractivity contribution in [1.82, 2.24) is 0 Å². The number of aryl methyl sites for hydroxylation is 2. The summed E-state index contributed by atoms with van der Waals surface area (Å²) in [6.07, 6.45) is 0. The number of nitro groups is 1. The van der Waals surface area contributed by atoms with E-state index >= 15 is 0 Å². The molecule has 0 heterocycles. The van der Waals surface area contributed by atoms with Gasteiger partial charge >= 0.3 is 0 Å². The Balaban J connectivity index is 0.000000202. The molecule has 0 spiro atoms. The van der Waals surface area contributed by atoms with Crippen molar-refractivity contribution in [2.24, 2.45) is 0 Å². The van der Waals surface area contributed by atoms with Crippen LogP contribution in [-0.2, 0) is 0 Å². The van der Waals surface area contributed by atoms with Crippen molar-refractivity contribution in [3.63, 3.8) is 0 Å². The summed E-state index contributed by atoms with van der Waals surface area (Å²) in [5, 5.41) is 12.4. The molecule has 4 aromatic carbocycles. The Morgan fingerprint density at radius 3 is 1.58 bits per heavy atom. The molecule has 0 aromatic heterocycles. The lowest BCUT2D eigenvalue weighted by Crippen LogP contribution is -1.94. The maximum atomic E-state index is 10.8. The van der Waals surface area contributed by atoms with Crippen LogP contribution in [0.2, 0.25) is 20.1 Å². The summed E-state index contributed by atoms with van der Waals surface area (Å²) in [7, 11) is 0. The predicted molar refractivity (Wildman–Crippen MR) is 146 cm³/mol. The molecule has 36 heavy (non-hydrogen) atoms. The van der Waals surface area contributed by atoms with Crippen molar-refractivity contribution in [3.8, 4) is 23.0 Å². The van der Waals surface area contributed by atoms with E-state index in [1.54, 1.807) is 55.5 Å². The van der Waals surface area contributed by atoms with Crippen LogP contribution in [0.3, 0.4) is 0 Å². The van der Waals surface area contributed by atoms with Crippen LogP contribution in [0.4, 0.5) is 11.4 Å². The van der Waals surface area contributed by atoms with Gasteiger partial charge in [0.15, 0.2) is 0 Å². The minimum atomic E-state index is -0.486. The molecular weight excluding hydrogens is 546 g/mol. The molecule has 0 atom stereocenters. The van der Waals surface area contributed by atoms with Crippen molar-refractivity contribution >= 4 is 57.8 Å². The number of nitro benzene ring substituents is 1. The van der Waals surface area contributed by atoms with Gasteiger partial charge in [-0.25, -0.2) is 0 Å². The molecule has 4 rings (SSSR count). The van der Waals surface area contributed by atoms with Gasteiger partial charge in [0.1, 0.15) is 23.0 Å². The maximum Gasteiger partial charge on any atom is 0.274 e. The highest BCUT2D eigenvalue weighted by molar-refractivity contribution is 6.33. The minimum Gasteiger partial charge on any atom is -0.454 e. The number of hydrogen-bond acceptors (Lipinski definition) is 5. The Morgan fingerprint density at radius 2 is 1.11 bits per heavy atom. The topological polar surface area (TPSA) is 87.6 Å². The van der Waals surface area contributed by atoms with E-state index in [9.17, 15) is 10.1 Å². The number of rotatable bonds is 5. The molecule has 186 valence electrons. The molecule has 0 saturated heterocycles. The summed E-state index contributed by atoms with van der Waals surface area (Å²) in [5.41, 5.74) is 7.72. The molecule has 6 nitrogen and oxygen atoms in total. The summed E-state index contributed by atoms with van der Waals surface area (Å²) >= 11 is 24.0. The first kappa shape index (κ1) is 27.4. The summed E-state index contributed by atoms with van der Waals surface area (Å²) in [4.78, 5) is 10.3. The average molecular weight is 566 g/mol. The average Bonchev–Trinajstić information content (AvgIpc) is 2.82. The molecule has 10 heteroatoms. The van der Waals surface area contributed by atoms with E-state index in [2.05, 4.69) is 0 Å². The van der Waals surface area contributed by atoms with Gasteiger partial charge in [-0.3, -0.25) is 10.1 Å². The van der Waals surface area contributed by atoms with Crippen LogP contribution in [0.25, 0.3) is 0 Å². The number of nitrogen functional groups attached to an aromatic ring is 1. The highest BCUT2D eigenvalue weighted by atomic mass is 35.5. The van der Waals surface area contributed by atoms with Gasteiger partial charge in [-0.05, 0) is 61.9 Å². The van der Waals surface area contributed by atoms with E-state index in [1.165, 1.54) is 12.1 Å². The molecular formula is C26H20Cl4N2O4. The van der Waals surface area contributed by atoms with Gasteiger partial charge in [0.05, 0.1) is 25.0 Å². The molecule has 4 aromatic rings. The second kappa shape index (κ2) is 12.2. The summed E-state index contributed by atoms with van der Waals surface area (Å²) in [5.74, 6) is 1.89. The number of para-hydroxylation sites is 2. The van der Waals surface area contributed by atoms with Gasteiger partial charge in [0.2, 0.25) is 0 Å². The lowest BCUT2D eigenvalue weighted by atomic mass is 10.2. The number of ether oxygens (including phenoxy) is 2. The minimum absolute atomic E-state index is 0.0449. The first-order valence-corrected chi connectivity index (χ1v) is 11.9. The number of halogens is 4. The van der Waals surface area contributed by atoms with Crippen LogP contribution in [0, 0.1) is 24.0 Å². The monoisotopic (exact) mass is 564 g/mol. The van der Waals surface area contributed by atoms with Gasteiger partial charge in [0.25, 0.3) is 5.69 Å². The van der Waals surface area contributed by atoms with Crippen molar-refractivity contribution in [3.05, 3.63) is 114 Å².